The van der Waals surface area contributed by atoms with Gasteiger partial charge < -0.3 is 17.6 Å². The van der Waals surface area contributed by atoms with Crippen LogP contribution in [0.25, 0.3) is 0 Å². The van der Waals surface area contributed by atoms with Gasteiger partial charge in [-0.05, 0) is 23.8 Å². The Balaban J connectivity index is 2.95. The van der Waals surface area contributed by atoms with Crippen LogP contribution in [0.2, 0.25) is 0 Å². The molecule has 0 spiro atoms. The van der Waals surface area contributed by atoms with Crippen molar-refractivity contribution in [2.75, 3.05) is 7.11 Å². The summed E-state index contributed by atoms with van der Waals surface area (Å²) in [6, 6.07) is 4.62. The van der Waals surface area contributed by atoms with Crippen LogP contribution in [-0.2, 0) is 4.55 Å². The molecule has 1 nitrogen and oxygen atoms in total. The maximum atomic E-state index is 12.8. The summed E-state index contributed by atoms with van der Waals surface area (Å²) in [7, 11) is 1.60. The highest BCUT2D eigenvalue weighted by Crippen LogP contribution is 2.19. The van der Waals surface area contributed by atoms with E-state index < -0.39 is 0 Å². The van der Waals surface area contributed by atoms with Crippen LogP contribution in [0.3, 0.4) is 0 Å². The van der Waals surface area contributed by atoms with Crippen LogP contribution in [0.4, 0.5) is 4.39 Å². The monoisotopic (exact) mass is 242 g/mol. The van der Waals surface area contributed by atoms with Crippen LogP contribution in [0.5, 0.6) is 5.75 Å². The predicted octanol–water partition coefficient (Wildman–Crippen LogP) is 2.35. The summed E-state index contributed by atoms with van der Waals surface area (Å²) in [4.78, 5) is 0. The van der Waals surface area contributed by atoms with Gasteiger partial charge in [0.1, 0.15) is 11.6 Å². The zero-order valence-electron chi connectivity index (χ0n) is 6.81. The Kier molecular flexibility index (Phi) is 4.32. The van der Waals surface area contributed by atoms with Crippen molar-refractivity contribution in [1.29, 1.82) is 0 Å². The van der Waals surface area contributed by atoms with E-state index in [-0.39, 0.29) is 24.0 Å². The third-order valence-electron chi connectivity index (χ3n) is 1.61. The van der Waals surface area contributed by atoms with Gasteiger partial charge in [0.2, 0.25) is 0 Å². The Morgan fingerprint density at radius 3 is 2.92 bits per heavy atom. The standard InChI is InChI=1S/C8H8FO.BrH.Mg/c1-6-5-7(9)3-4-8(6)10-2;;/h3-5H,1H2,2H3;1H;/q;;+1/p-1. The van der Waals surface area contributed by atoms with Crippen LogP contribution in [0.1, 0.15) is 5.56 Å². The van der Waals surface area contributed by atoms with Gasteiger partial charge in [-0.3, -0.25) is 0 Å². The average Bonchev–Trinajstić information content (AvgIpc) is 2.05. The SMILES string of the molecule is COc1ccc(F)cc1[CH2][Mg][Br]. The Bertz CT molecular complexity index is 267. The lowest BCUT2D eigenvalue weighted by Gasteiger charge is -2.06. The molecule has 0 aromatic heterocycles. The van der Waals surface area contributed by atoms with E-state index >= 15 is 0 Å². The second-order valence-electron chi connectivity index (χ2n) is 2.40. The third-order valence-corrected chi connectivity index (χ3v) is 3.52. The van der Waals surface area contributed by atoms with Crippen LogP contribution in [-0.4, -0.2) is 25.3 Å². The van der Waals surface area contributed by atoms with E-state index in [2.05, 4.69) is 12.9 Å². The van der Waals surface area contributed by atoms with E-state index in [4.69, 9.17) is 4.74 Å². The van der Waals surface area contributed by atoms with Gasteiger partial charge >= 0.3 is 18.2 Å². The Hall–Kier alpha value is 0.196. The highest BCUT2D eigenvalue weighted by molar-refractivity contribution is 9.23. The molecule has 4 heteroatoms. The van der Waals surface area contributed by atoms with Crippen molar-refractivity contribution in [2.24, 2.45) is 0 Å². The quantitative estimate of drug-likeness (QED) is 0.741. The molecule has 62 valence electrons. The van der Waals surface area contributed by atoms with E-state index in [9.17, 15) is 4.39 Å². The molecule has 0 aliphatic rings. The van der Waals surface area contributed by atoms with E-state index in [1.807, 2.05) is 0 Å². The molecule has 0 bridgehead atoms. The van der Waals surface area contributed by atoms with Gasteiger partial charge in [0, 0.05) is 0 Å². The van der Waals surface area contributed by atoms with Crippen LogP contribution < -0.4 is 4.74 Å². The summed E-state index contributed by atoms with van der Waals surface area (Å²) in [5.41, 5.74) is 0.959. The van der Waals surface area contributed by atoms with Gasteiger partial charge in [-0.15, -0.1) is 0 Å². The molecule has 0 heterocycles. The van der Waals surface area contributed by atoms with Crippen molar-refractivity contribution in [1.82, 2.24) is 0 Å². The van der Waals surface area contributed by atoms with Gasteiger partial charge in [-0.25, -0.2) is 4.39 Å². The van der Waals surface area contributed by atoms with Crippen LogP contribution in [0, 0.1) is 5.82 Å². The van der Waals surface area contributed by atoms with Crippen molar-refractivity contribution < 1.29 is 9.13 Å². The lowest BCUT2D eigenvalue weighted by Crippen LogP contribution is -1.95. The number of methoxy groups -OCH3 is 1. The fraction of sp³-hybridized carbons (Fsp3) is 0.250. The molecule has 0 unspecified atom stereocenters. The molecule has 0 N–H and O–H groups in total. The number of halogens is 2. The van der Waals surface area contributed by atoms with E-state index in [1.54, 1.807) is 13.2 Å². The zero-order chi connectivity index (χ0) is 8.97. The highest BCUT2D eigenvalue weighted by Gasteiger charge is 2.04. The molecule has 0 saturated heterocycles. The first-order chi connectivity index (χ1) is 5.77. The van der Waals surface area contributed by atoms with Gasteiger partial charge in [0.05, 0.1) is 7.11 Å². The summed E-state index contributed by atoms with van der Waals surface area (Å²) in [5, 5.41) is 0. The van der Waals surface area contributed by atoms with Crippen molar-refractivity contribution in [3.8, 4) is 5.75 Å². The lowest BCUT2D eigenvalue weighted by atomic mass is 10.2. The molecular formula is C8H8BrFMgO. The Labute approximate surface area is 86.9 Å². The van der Waals surface area contributed by atoms with Crippen molar-refractivity contribution in [3.63, 3.8) is 0 Å². The highest BCUT2D eigenvalue weighted by atomic mass is 79.9. The van der Waals surface area contributed by atoms with Gasteiger partial charge in [0.15, 0.2) is 0 Å². The third kappa shape index (κ3) is 2.60. The van der Waals surface area contributed by atoms with E-state index in [0.717, 1.165) is 15.9 Å². The summed E-state index contributed by atoms with van der Waals surface area (Å²) in [5.74, 6) is 0.587. The van der Waals surface area contributed by atoms with Gasteiger partial charge in [-0.1, -0.05) is 4.55 Å². The molecule has 0 fully saturated rings. The number of hydrogen-bond acceptors (Lipinski definition) is 1. The Morgan fingerprint density at radius 1 is 1.58 bits per heavy atom. The second-order valence-corrected chi connectivity index (χ2v) is 5.65. The van der Waals surface area contributed by atoms with Gasteiger partial charge in [0.25, 0.3) is 0 Å². The molecule has 0 amide bonds. The minimum atomic E-state index is -0.265. The number of rotatable bonds is 3. The van der Waals surface area contributed by atoms with Crippen molar-refractivity contribution >= 4 is 31.1 Å². The normalized spacial score (nSPS) is 9.25. The summed E-state index contributed by atoms with van der Waals surface area (Å²) in [6.45, 7) is 0. The van der Waals surface area contributed by atoms with Crippen LogP contribution in [0.15, 0.2) is 18.2 Å². The number of benzene rings is 1. The Morgan fingerprint density at radius 2 is 2.33 bits per heavy atom. The van der Waals surface area contributed by atoms with Crippen LogP contribution >= 0.6 is 12.9 Å². The zero-order valence-corrected chi connectivity index (χ0v) is 9.81. The summed E-state index contributed by atoms with van der Waals surface area (Å²) >= 11 is 3.17. The molecule has 1 aromatic carbocycles. The molecular weight excluding hydrogens is 235 g/mol. The number of hydrogen-bond donors (Lipinski definition) is 0. The molecule has 0 aliphatic heterocycles. The summed E-state index contributed by atoms with van der Waals surface area (Å²) in [6.07, 6.45) is 0. The van der Waals surface area contributed by atoms with Crippen molar-refractivity contribution in [3.05, 3.63) is 29.6 Å². The largest absolute Gasteiger partial charge is 0.497 e. The van der Waals surface area contributed by atoms with Gasteiger partial charge in [-0.2, -0.15) is 0 Å². The van der Waals surface area contributed by atoms with E-state index in [1.165, 1.54) is 12.1 Å². The topological polar surface area (TPSA) is 9.23 Å². The smallest absolute Gasteiger partial charge is 0.473 e. The maximum absolute atomic E-state index is 12.8. The first kappa shape index (κ1) is 10.3. The molecule has 0 aliphatic carbocycles. The fourth-order valence-electron chi connectivity index (χ4n) is 1.04. The summed E-state index contributed by atoms with van der Waals surface area (Å²) < 4.78 is 18.8. The second kappa shape index (κ2) is 5.04. The molecule has 0 radical (unpaired) electrons. The van der Waals surface area contributed by atoms with E-state index in [0.29, 0.717) is 0 Å². The average molecular weight is 243 g/mol. The van der Waals surface area contributed by atoms with Crippen molar-refractivity contribution in [2.45, 2.75) is 4.55 Å². The molecule has 0 saturated carbocycles. The minimum Gasteiger partial charge on any atom is -0.497 e. The first-order valence-electron chi connectivity index (χ1n) is 3.66. The predicted molar refractivity (Wildman–Crippen MR) is 51.3 cm³/mol. The lowest BCUT2D eigenvalue weighted by molar-refractivity contribution is 0.410. The maximum Gasteiger partial charge on any atom is 0.473 e. The fourth-order valence-corrected chi connectivity index (χ4v) is 2.92. The number of ether oxygens (including phenoxy) is 1. The molecule has 0 atom stereocenters. The molecule has 1 aromatic rings. The first-order valence-corrected chi connectivity index (χ1v) is 8.56. The molecule has 12 heavy (non-hydrogen) atoms. The minimum absolute atomic E-state index is 0.194. The molecule has 1 rings (SSSR count).